The van der Waals surface area contributed by atoms with E-state index in [-0.39, 0.29) is 11.9 Å². The van der Waals surface area contributed by atoms with Crippen LogP contribution in [0.4, 0.5) is 11.4 Å². The maximum absolute atomic E-state index is 11.5. The summed E-state index contributed by atoms with van der Waals surface area (Å²) in [6, 6.07) is 7.06. The molecule has 1 aromatic carbocycles. The summed E-state index contributed by atoms with van der Waals surface area (Å²) in [6.45, 7) is 0. The predicted octanol–water partition coefficient (Wildman–Crippen LogP) is 1.17. The highest BCUT2D eigenvalue weighted by Crippen LogP contribution is 2.39. The topological polar surface area (TPSA) is 126 Å². The number of guanidine groups is 2. The van der Waals surface area contributed by atoms with Gasteiger partial charge in [0, 0.05) is 5.69 Å². The van der Waals surface area contributed by atoms with E-state index in [9.17, 15) is 8.42 Å². The molecule has 24 heavy (non-hydrogen) atoms. The molecule has 9 heteroatoms. The van der Waals surface area contributed by atoms with Gasteiger partial charge in [-0.15, -0.1) is 0 Å². The van der Waals surface area contributed by atoms with Gasteiger partial charge in [-0.3, -0.25) is 9.62 Å². The van der Waals surface area contributed by atoms with E-state index in [0.29, 0.717) is 5.69 Å². The van der Waals surface area contributed by atoms with Crippen molar-refractivity contribution in [3.8, 4) is 0 Å². The summed E-state index contributed by atoms with van der Waals surface area (Å²) in [5, 5.41) is 0. The summed E-state index contributed by atoms with van der Waals surface area (Å²) in [5.41, 5.74) is 12.7. The van der Waals surface area contributed by atoms with Crippen LogP contribution in [0.15, 0.2) is 34.3 Å². The number of rotatable bonds is 3. The van der Waals surface area contributed by atoms with Crippen LogP contribution in [0, 0.1) is 0 Å². The Morgan fingerprint density at radius 2 is 1.92 bits per heavy atom. The molecule has 0 radical (unpaired) electrons. The highest BCUT2D eigenvalue weighted by Gasteiger charge is 2.42. The van der Waals surface area contributed by atoms with Gasteiger partial charge in [0.2, 0.25) is 21.9 Å². The van der Waals surface area contributed by atoms with Crippen molar-refractivity contribution in [3.63, 3.8) is 0 Å². The molecule has 1 fully saturated rings. The number of aliphatic imine (C=N–C) groups is 2. The number of hydrogen-bond acceptors (Lipinski definition) is 7. The van der Waals surface area contributed by atoms with Crippen molar-refractivity contribution in [2.45, 2.75) is 37.8 Å². The van der Waals surface area contributed by atoms with Crippen molar-refractivity contribution < 1.29 is 8.42 Å². The summed E-state index contributed by atoms with van der Waals surface area (Å²) in [5.74, 6) is 0.469. The van der Waals surface area contributed by atoms with E-state index < -0.39 is 15.7 Å². The van der Waals surface area contributed by atoms with E-state index >= 15 is 0 Å². The molecular weight excluding hydrogens is 328 g/mol. The van der Waals surface area contributed by atoms with Gasteiger partial charge in [0.05, 0.1) is 11.9 Å². The van der Waals surface area contributed by atoms with Gasteiger partial charge in [0.15, 0.2) is 0 Å². The van der Waals surface area contributed by atoms with E-state index in [1.54, 1.807) is 18.2 Å². The molecule has 1 aliphatic heterocycles. The molecule has 1 aromatic rings. The third kappa shape index (κ3) is 3.30. The molecule has 0 unspecified atom stereocenters. The lowest BCUT2D eigenvalue weighted by Gasteiger charge is -2.45. The Hall–Kier alpha value is -2.29. The predicted molar refractivity (Wildman–Crippen MR) is 96.4 cm³/mol. The van der Waals surface area contributed by atoms with Crippen molar-refractivity contribution in [1.82, 2.24) is 0 Å². The van der Waals surface area contributed by atoms with E-state index in [2.05, 4.69) is 14.7 Å². The second-order valence-electron chi connectivity index (χ2n) is 6.24. The van der Waals surface area contributed by atoms with Crippen LogP contribution < -0.4 is 21.1 Å². The lowest BCUT2D eigenvalue weighted by atomic mass is 9.87. The standard InChI is InChI=1S/C15H22N6O2S/c1-24(22,23)20-11-6-5-7-12(10-11)21-14(17)18-13(16)19-15(21)8-3-2-4-9-15/h5-7,10,20H,2-4,8-9H2,1H3,(H4,16,17,18,19). The van der Waals surface area contributed by atoms with Crippen molar-refractivity contribution in [3.05, 3.63) is 24.3 Å². The van der Waals surface area contributed by atoms with Crippen LogP contribution in [0.1, 0.15) is 32.1 Å². The lowest BCUT2D eigenvalue weighted by molar-refractivity contribution is 0.305. The van der Waals surface area contributed by atoms with Crippen LogP contribution in [0.5, 0.6) is 0 Å². The van der Waals surface area contributed by atoms with Crippen molar-refractivity contribution in [2.24, 2.45) is 21.5 Å². The van der Waals surface area contributed by atoms with Crippen LogP contribution >= 0.6 is 0 Å². The van der Waals surface area contributed by atoms with E-state index in [0.717, 1.165) is 44.0 Å². The number of benzene rings is 1. The third-order valence-electron chi connectivity index (χ3n) is 4.26. The molecule has 3 rings (SSSR count). The van der Waals surface area contributed by atoms with Gasteiger partial charge in [-0.05, 0) is 43.9 Å². The van der Waals surface area contributed by atoms with Crippen molar-refractivity contribution in [2.75, 3.05) is 15.9 Å². The molecule has 2 aliphatic rings. The molecule has 130 valence electrons. The summed E-state index contributed by atoms with van der Waals surface area (Å²) < 4.78 is 25.4. The third-order valence-corrected chi connectivity index (χ3v) is 4.87. The largest absolute Gasteiger partial charge is 0.369 e. The molecule has 5 N–H and O–H groups in total. The van der Waals surface area contributed by atoms with Crippen molar-refractivity contribution in [1.29, 1.82) is 0 Å². The first-order valence-corrected chi connectivity index (χ1v) is 9.76. The maximum atomic E-state index is 11.5. The molecule has 1 aliphatic carbocycles. The molecule has 1 heterocycles. The molecule has 8 nitrogen and oxygen atoms in total. The molecule has 0 bridgehead atoms. The fraction of sp³-hybridized carbons (Fsp3) is 0.467. The number of sulfonamides is 1. The first-order chi connectivity index (χ1) is 11.3. The first kappa shape index (κ1) is 16.6. The summed E-state index contributed by atoms with van der Waals surface area (Å²) in [7, 11) is -3.36. The van der Waals surface area contributed by atoms with Gasteiger partial charge < -0.3 is 11.5 Å². The Kier molecular flexibility index (Phi) is 4.12. The SMILES string of the molecule is CS(=O)(=O)Nc1cccc(N2C(N)=NC(N)=NC23CCCCC3)c1. The molecule has 0 aromatic heterocycles. The molecular formula is C15H22N6O2S. The summed E-state index contributed by atoms with van der Waals surface area (Å²) >= 11 is 0. The van der Waals surface area contributed by atoms with E-state index in [1.807, 2.05) is 11.0 Å². The average Bonchev–Trinajstić information content (AvgIpc) is 2.45. The molecule has 0 atom stereocenters. The Labute approximate surface area is 141 Å². The van der Waals surface area contributed by atoms with Crippen LogP contribution in [0.2, 0.25) is 0 Å². The highest BCUT2D eigenvalue weighted by molar-refractivity contribution is 7.92. The minimum absolute atomic E-state index is 0.191. The highest BCUT2D eigenvalue weighted by atomic mass is 32.2. The Bertz CT molecular complexity index is 796. The second-order valence-corrected chi connectivity index (χ2v) is 7.99. The van der Waals surface area contributed by atoms with E-state index in [1.165, 1.54) is 0 Å². The number of anilines is 2. The fourth-order valence-corrected chi connectivity index (χ4v) is 3.97. The van der Waals surface area contributed by atoms with Gasteiger partial charge in [0.1, 0.15) is 5.66 Å². The minimum atomic E-state index is -3.36. The fourth-order valence-electron chi connectivity index (χ4n) is 3.42. The monoisotopic (exact) mass is 350 g/mol. The second kappa shape index (κ2) is 5.97. The molecule has 1 spiro atoms. The zero-order valence-electron chi connectivity index (χ0n) is 13.6. The minimum Gasteiger partial charge on any atom is -0.369 e. The van der Waals surface area contributed by atoms with Crippen LogP contribution in [0.3, 0.4) is 0 Å². The normalized spacial score (nSPS) is 20.5. The van der Waals surface area contributed by atoms with Gasteiger partial charge in [0.25, 0.3) is 0 Å². The zero-order chi connectivity index (χ0) is 17.4. The molecule has 1 saturated carbocycles. The van der Waals surface area contributed by atoms with Crippen LogP contribution in [-0.2, 0) is 10.0 Å². The van der Waals surface area contributed by atoms with Gasteiger partial charge in [-0.1, -0.05) is 12.5 Å². The molecule has 0 amide bonds. The van der Waals surface area contributed by atoms with E-state index in [4.69, 9.17) is 11.5 Å². The van der Waals surface area contributed by atoms with Gasteiger partial charge in [-0.2, -0.15) is 4.99 Å². The first-order valence-electron chi connectivity index (χ1n) is 7.87. The average molecular weight is 350 g/mol. The van der Waals surface area contributed by atoms with Crippen LogP contribution in [0.25, 0.3) is 0 Å². The zero-order valence-corrected chi connectivity index (χ0v) is 14.4. The Morgan fingerprint density at radius 3 is 2.58 bits per heavy atom. The smallest absolute Gasteiger partial charge is 0.229 e. The number of nitrogens with one attached hydrogen (secondary N) is 1. The Morgan fingerprint density at radius 1 is 1.21 bits per heavy atom. The summed E-state index contributed by atoms with van der Waals surface area (Å²) in [4.78, 5) is 10.6. The van der Waals surface area contributed by atoms with Gasteiger partial charge >= 0.3 is 0 Å². The maximum Gasteiger partial charge on any atom is 0.229 e. The van der Waals surface area contributed by atoms with Gasteiger partial charge in [-0.25, -0.2) is 13.4 Å². The number of nitrogens with two attached hydrogens (primary N) is 2. The lowest BCUT2D eigenvalue weighted by Crippen LogP contribution is -2.58. The van der Waals surface area contributed by atoms with Crippen LogP contribution in [-0.4, -0.2) is 32.3 Å². The number of hydrogen-bond donors (Lipinski definition) is 3. The quantitative estimate of drug-likeness (QED) is 0.754. The summed E-state index contributed by atoms with van der Waals surface area (Å²) in [6.07, 6.45) is 5.98. The Balaban J connectivity index is 2.02. The van der Waals surface area contributed by atoms with Crippen molar-refractivity contribution >= 4 is 33.3 Å². The molecule has 0 saturated heterocycles. The number of nitrogens with zero attached hydrogens (tertiary/aromatic N) is 3.